The van der Waals surface area contributed by atoms with E-state index < -0.39 is 0 Å². The van der Waals surface area contributed by atoms with Crippen LogP contribution in [0.5, 0.6) is 0 Å². The smallest absolute Gasteiger partial charge is 0.256 e. The summed E-state index contributed by atoms with van der Waals surface area (Å²) in [4.78, 5) is 19.4. The van der Waals surface area contributed by atoms with E-state index in [1.807, 2.05) is 54.2 Å². The van der Waals surface area contributed by atoms with Gasteiger partial charge in [-0.3, -0.25) is 9.69 Å². The second-order valence-corrected chi connectivity index (χ2v) is 6.57. The molecule has 3 rings (SSSR count). The minimum atomic E-state index is 0.119. The van der Waals surface area contributed by atoms with E-state index in [-0.39, 0.29) is 11.9 Å². The minimum absolute atomic E-state index is 0.119. The van der Waals surface area contributed by atoms with Crippen LogP contribution in [0.4, 0.5) is 5.69 Å². The number of carbonyl (C=O) groups is 1. The van der Waals surface area contributed by atoms with Crippen LogP contribution in [-0.2, 0) is 0 Å². The molecule has 1 aliphatic rings. The Morgan fingerprint density at radius 2 is 1.67 bits per heavy atom. The zero-order valence-electron chi connectivity index (χ0n) is 14.6. The fraction of sp³-hybridized carbons (Fsp3) is 0.350. The third-order valence-electron chi connectivity index (χ3n) is 4.74. The molecule has 0 radical (unpaired) electrons. The number of hydrogen-bond donors (Lipinski definition) is 0. The SMILES string of the molecule is CN(C)c1ccccc1C(=O)N1CCN(C)[C@H](c2ccccc2)C1. The third kappa shape index (κ3) is 3.29. The van der Waals surface area contributed by atoms with E-state index >= 15 is 0 Å². The zero-order chi connectivity index (χ0) is 17.1. The molecule has 1 atom stereocenters. The van der Waals surface area contributed by atoms with Crippen molar-refractivity contribution in [2.45, 2.75) is 6.04 Å². The predicted octanol–water partition coefficient (Wildman–Crippen LogP) is 2.88. The van der Waals surface area contributed by atoms with Gasteiger partial charge in [0, 0.05) is 39.4 Å². The lowest BCUT2D eigenvalue weighted by Gasteiger charge is -2.40. The minimum Gasteiger partial charge on any atom is -0.377 e. The van der Waals surface area contributed by atoms with Gasteiger partial charge in [-0.25, -0.2) is 0 Å². The van der Waals surface area contributed by atoms with Crippen molar-refractivity contribution in [2.24, 2.45) is 0 Å². The van der Waals surface area contributed by atoms with Gasteiger partial charge in [0.1, 0.15) is 0 Å². The lowest BCUT2D eigenvalue weighted by molar-refractivity contribution is 0.0547. The quantitative estimate of drug-likeness (QED) is 0.869. The maximum Gasteiger partial charge on any atom is 0.256 e. The Morgan fingerprint density at radius 3 is 2.38 bits per heavy atom. The van der Waals surface area contributed by atoms with Crippen LogP contribution in [0.2, 0.25) is 0 Å². The molecule has 2 aromatic rings. The Morgan fingerprint density at radius 1 is 1.00 bits per heavy atom. The van der Waals surface area contributed by atoms with E-state index in [4.69, 9.17) is 0 Å². The van der Waals surface area contributed by atoms with E-state index in [1.54, 1.807) is 0 Å². The van der Waals surface area contributed by atoms with Crippen molar-refractivity contribution < 1.29 is 4.79 Å². The predicted molar refractivity (Wildman–Crippen MR) is 98.5 cm³/mol. The number of hydrogen-bond acceptors (Lipinski definition) is 3. The van der Waals surface area contributed by atoms with E-state index in [1.165, 1.54) is 5.56 Å². The number of carbonyl (C=O) groups excluding carboxylic acids is 1. The molecule has 0 N–H and O–H groups in total. The molecule has 0 unspecified atom stereocenters. The van der Waals surface area contributed by atoms with Gasteiger partial charge in [0.05, 0.1) is 11.6 Å². The summed E-state index contributed by atoms with van der Waals surface area (Å²) in [5, 5.41) is 0. The van der Waals surface area contributed by atoms with Gasteiger partial charge in [-0.05, 0) is 24.7 Å². The molecule has 1 amide bonds. The molecule has 1 saturated heterocycles. The first-order valence-electron chi connectivity index (χ1n) is 8.38. The van der Waals surface area contributed by atoms with E-state index in [0.717, 1.165) is 30.9 Å². The van der Waals surface area contributed by atoms with Crippen LogP contribution in [0, 0.1) is 0 Å². The van der Waals surface area contributed by atoms with Gasteiger partial charge in [-0.15, -0.1) is 0 Å². The van der Waals surface area contributed by atoms with Crippen LogP contribution < -0.4 is 4.90 Å². The Balaban J connectivity index is 1.84. The van der Waals surface area contributed by atoms with Crippen molar-refractivity contribution in [2.75, 3.05) is 45.7 Å². The summed E-state index contributed by atoms with van der Waals surface area (Å²) in [6.07, 6.45) is 0. The summed E-state index contributed by atoms with van der Waals surface area (Å²) in [6, 6.07) is 18.5. The first-order valence-corrected chi connectivity index (χ1v) is 8.38. The molecule has 0 saturated carbocycles. The molecule has 1 heterocycles. The molecule has 126 valence electrons. The Labute approximate surface area is 144 Å². The van der Waals surface area contributed by atoms with Gasteiger partial charge in [-0.1, -0.05) is 42.5 Å². The monoisotopic (exact) mass is 323 g/mol. The number of amides is 1. The number of para-hydroxylation sites is 1. The second kappa shape index (κ2) is 7.05. The normalized spacial score (nSPS) is 18.5. The largest absolute Gasteiger partial charge is 0.377 e. The van der Waals surface area contributed by atoms with E-state index in [9.17, 15) is 4.79 Å². The summed E-state index contributed by atoms with van der Waals surface area (Å²) in [7, 11) is 6.08. The average molecular weight is 323 g/mol. The number of benzene rings is 2. The molecule has 1 fully saturated rings. The maximum atomic E-state index is 13.1. The highest BCUT2D eigenvalue weighted by Gasteiger charge is 2.29. The van der Waals surface area contributed by atoms with Gasteiger partial charge < -0.3 is 9.80 Å². The molecule has 0 aliphatic carbocycles. The molecule has 4 heteroatoms. The highest BCUT2D eigenvalue weighted by Crippen LogP contribution is 2.26. The highest BCUT2D eigenvalue weighted by atomic mass is 16.2. The fourth-order valence-electron chi connectivity index (χ4n) is 3.31. The first kappa shape index (κ1) is 16.5. The third-order valence-corrected chi connectivity index (χ3v) is 4.74. The zero-order valence-corrected chi connectivity index (χ0v) is 14.6. The first-order chi connectivity index (χ1) is 11.6. The van der Waals surface area contributed by atoms with Crippen LogP contribution >= 0.6 is 0 Å². The van der Waals surface area contributed by atoms with Gasteiger partial charge in [0.25, 0.3) is 5.91 Å². The van der Waals surface area contributed by atoms with Crippen LogP contribution in [-0.4, -0.2) is 56.5 Å². The van der Waals surface area contributed by atoms with Crippen molar-refractivity contribution in [3.63, 3.8) is 0 Å². The molecule has 2 aromatic carbocycles. The van der Waals surface area contributed by atoms with Crippen molar-refractivity contribution in [3.05, 3.63) is 65.7 Å². The molecule has 24 heavy (non-hydrogen) atoms. The molecule has 0 aromatic heterocycles. The van der Waals surface area contributed by atoms with E-state index in [2.05, 4.69) is 36.2 Å². The van der Waals surface area contributed by atoms with Gasteiger partial charge in [0.2, 0.25) is 0 Å². The Bertz CT molecular complexity index is 699. The van der Waals surface area contributed by atoms with Gasteiger partial charge in [-0.2, -0.15) is 0 Å². The molecular weight excluding hydrogens is 298 g/mol. The summed E-state index contributed by atoms with van der Waals surface area (Å²) in [5.41, 5.74) is 3.01. The molecule has 0 bridgehead atoms. The fourth-order valence-corrected chi connectivity index (χ4v) is 3.31. The lowest BCUT2D eigenvalue weighted by atomic mass is 10.0. The number of nitrogens with zero attached hydrogens (tertiary/aromatic N) is 3. The number of rotatable bonds is 3. The van der Waals surface area contributed by atoms with Crippen molar-refractivity contribution >= 4 is 11.6 Å². The van der Waals surface area contributed by atoms with Crippen LogP contribution in [0.15, 0.2) is 54.6 Å². The standard InChI is InChI=1S/C20H25N3O/c1-21(2)18-12-8-7-11-17(18)20(24)23-14-13-22(3)19(15-23)16-9-5-4-6-10-16/h4-12,19H,13-15H2,1-3H3/t19-/m0/s1. The Kier molecular flexibility index (Phi) is 4.86. The van der Waals surface area contributed by atoms with Crippen molar-refractivity contribution in [3.8, 4) is 0 Å². The second-order valence-electron chi connectivity index (χ2n) is 6.57. The molecule has 1 aliphatic heterocycles. The number of piperazine rings is 1. The average Bonchev–Trinajstić information content (AvgIpc) is 2.62. The maximum absolute atomic E-state index is 13.1. The van der Waals surface area contributed by atoms with Crippen molar-refractivity contribution in [1.82, 2.24) is 9.80 Å². The van der Waals surface area contributed by atoms with Crippen LogP contribution in [0.3, 0.4) is 0 Å². The summed E-state index contributed by atoms with van der Waals surface area (Å²) >= 11 is 0. The van der Waals surface area contributed by atoms with Crippen molar-refractivity contribution in [1.29, 1.82) is 0 Å². The summed E-state index contributed by atoms with van der Waals surface area (Å²) in [6.45, 7) is 2.37. The van der Waals surface area contributed by atoms with Crippen LogP contribution in [0.1, 0.15) is 22.0 Å². The summed E-state index contributed by atoms with van der Waals surface area (Å²) in [5.74, 6) is 0.119. The molecule has 4 nitrogen and oxygen atoms in total. The molecule has 0 spiro atoms. The number of anilines is 1. The molecular formula is C20H25N3O. The topological polar surface area (TPSA) is 26.8 Å². The summed E-state index contributed by atoms with van der Waals surface area (Å²) < 4.78 is 0. The van der Waals surface area contributed by atoms with Crippen LogP contribution in [0.25, 0.3) is 0 Å². The van der Waals surface area contributed by atoms with Gasteiger partial charge >= 0.3 is 0 Å². The van der Waals surface area contributed by atoms with E-state index in [0.29, 0.717) is 0 Å². The lowest BCUT2D eigenvalue weighted by Crippen LogP contribution is -2.49. The highest BCUT2D eigenvalue weighted by molar-refractivity contribution is 5.99. The van der Waals surface area contributed by atoms with Gasteiger partial charge in [0.15, 0.2) is 0 Å². The number of likely N-dealkylation sites (N-methyl/N-ethyl adjacent to an activating group) is 1. The Hall–Kier alpha value is -2.33.